The lowest BCUT2D eigenvalue weighted by molar-refractivity contribution is 0.152. The topological polar surface area (TPSA) is 33.7 Å². The normalized spacial score (nSPS) is 20.1. The molecule has 2 aliphatic heterocycles. The summed E-state index contributed by atoms with van der Waals surface area (Å²) in [4.78, 5) is 2.59. The molecule has 2 heterocycles. The molecule has 0 radical (unpaired) electrons. The predicted octanol–water partition coefficient (Wildman–Crippen LogP) is 2.55. The van der Waals surface area contributed by atoms with E-state index in [2.05, 4.69) is 29.3 Å². The zero-order valence-corrected chi connectivity index (χ0v) is 12.2. The van der Waals surface area contributed by atoms with Crippen LogP contribution >= 0.6 is 0 Å². The Morgan fingerprint density at radius 1 is 1.25 bits per heavy atom. The number of hydrogen-bond acceptors (Lipinski definition) is 4. The first-order chi connectivity index (χ1) is 9.90. The summed E-state index contributed by atoms with van der Waals surface area (Å²) in [7, 11) is 0. The number of unbranched alkanes of at least 4 members (excludes halogenated alkanes) is 1. The number of ether oxygens (including phenoxy) is 2. The van der Waals surface area contributed by atoms with Crippen LogP contribution in [-0.2, 0) is 0 Å². The Morgan fingerprint density at radius 2 is 2.10 bits per heavy atom. The fraction of sp³-hybridized carbons (Fsp3) is 0.625. The summed E-state index contributed by atoms with van der Waals surface area (Å²) >= 11 is 0. The van der Waals surface area contributed by atoms with E-state index in [1.807, 2.05) is 6.07 Å². The third-order valence-electron chi connectivity index (χ3n) is 4.21. The first-order valence-corrected chi connectivity index (χ1v) is 7.73. The summed E-state index contributed by atoms with van der Waals surface area (Å²) in [6, 6.07) is 6.74. The molecule has 0 spiro atoms. The van der Waals surface area contributed by atoms with E-state index in [1.54, 1.807) is 0 Å². The molecule has 1 aromatic carbocycles. The van der Waals surface area contributed by atoms with Gasteiger partial charge in [-0.15, -0.1) is 0 Å². The molecular weight excluding hydrogens is 252 g/mol. The Balaban J connectivity index is 1.86. The van der Waals surface area contributed by atoms with Gasteiger partial charge in [-0.3, -0.25) is 4.90 Å². The summed E-state index contributed by atoms with van der Waals surface area (Å²) in [6.07, 6.45) is 3.67. The maximum Gasteiger partial charge on any atom is 0.231 e. The lowest BCUT2D eigenvalue weighted by Crippen LogP contribution is -2.45. The lowest BCUT2D eigenvalue weighted by atomic mass is 9.97. The van der Waals surface area contributed by atoms with Gasteiger partial charge in [0.25, 0.3) is 0 Å². The molecular formula is C16H24N2O2. The van der Waals surface area contributed by atoms with E-state index < -0.39 is 0 Å². The molecule has 3 rings (SSSR count). The van der Waals surface area contributed by atoms with Gasteiger partial charge < -0.3 is 14.8 Å². The number of rotatable bonds is 5. The number of nitrogens with zero attached hydrogens (tertiary/aromatic N) is 1. The number of nitrogens with one attached hydrogen (secondary N) is 1. The van der Waals surface area contributed by atoms with Gasteiger partial charge in [0, 0.05) is 37.8 Å². The fourth-order valence-corrected chi connectivity index (χ4v) is 3.14. The Labute approximate surface area is 121 Å². The zero-order chi connectivity index (χ0) is 13.8. The molecule has 4 nitrogen and oxygen atoms in total. The number of hydrogen-bond donors (Lipinski definition) is 1. The Kier molecular flexibility index (Phi) is 4.43. The van der Waals surface area contributed by atoms with Crippen molar-refractivity contribution in [3.05, 3.63) is 23.8 Å². The van der Waals surface area contributed by atoms with E-state index in [0.29, 0.717) is 12.8 Å². The van der Waals surface area contributed by atoms with Gasteiger partial charge in [0.15, 0.2) is 11.5 Å². The third kappa shape index (κ3) is 2.76. The second-order valence-electron chi connectivity index (χ2n) is 5.53. The van der Waals surface area contributed by atoms with Crippen LogP contribution in [0.1, 0.15) is 37.8 Å². The second-order valence-corrected chi connectivity index (χ2v) is 5.53. The van der Waals surface area contributed by atoms with Crippen molar-refractivity contribution >= 4 is 0 Å². The van der Waals surface area contributed by atoms with Crippen molar-refractivity contribution in [2.75, 3.05) is 33.0 Å². The van der Waals surface area contributed by atoms with E-state index in [-0.39, 0.29) is 0 Å². The summed E-state index contributed by atoms with van der Waals surface area (Å²) in [5.41, 5.74) is 1.30. The standard InChI is InChI=1S/C16H24N2O2/c1-2-3-6-14(18-10-8-17-9-11-18)13-5-4-7-15-16(13)20-12-19-15/h4-5,7,14,17H,2-3,6,8-12H2,1H3/t14-/m1/s1. The molecule has 0 amide bonds. The molecule has 1 N–H and O–H groups in total. The number of fused-ring (bicyclic) bond motifs is 1. The van der Waals surface area contributed by atoms with Crippen LogP contribution in [0.2, 0.25) is 0 Å². The average Bonchev–Trinajstić information content (AvgIpc) is 2.98. The van der Waals surface area contributed by atoms with Gasteiger partial charge in [-0.2, -0.15) is 0 Å². The number of piperazine rings is 1. The first kappa shape index (κ1) is 13.7. The predicted molar refractivity (Wildman–Crippen MR) is 79.3 cm³/mol. The Hall–Kier alpha value is -1.26. The highest BCUT2D eigenvalue weighted by Gasteiger charge is 2.27. The largest absolute Gasteiger partial charge is 0.454 e. The van der Waals surface area contributed by atoms with E-state index in [9.17, 15) is 0 Å². The Morgan fingerprint density at radius 3 is 2.90 bits per heavy atom. The van der Waals surface area contributed by atoms with Crippen LogP contribution in [0.4, 0.5) is 0 Å². The van der Waals surface area contributed by atoms with E-state index in [0.717, 1.165) is 37.7 Å². The van der Waals surface area contributed by atoms with Crippen molar-refractivity contribution in [1.29, 1.82) is 0 Å². The molecule has 0 saturated carbocycles. The van der Waals surface area contributed by atoms with Gasteiger partial charge in [-0.1, -0.05) is 31.9 Å². The van der Waals surface area contributed by atoms with Gasteiger partial charge >= 0.3 is 0 Å². The Bertz CT molecular complexity index is 444. The fourth-order valence-electron chi connectivity index (χ4n) is 3.14. The second kappa shape index (κ2) is 6.46. The molecule has 20 heavy (non-hydrogen) atoms. The van der Waals surface area contributed by atoms with E-state index >= 15 is 0 Å². The molecule has 1 saturated heterocycles. The molecule has 0 unspecified atom stereocenters. The van der Waals surface area contributed by atoms with Crippen LogP contribution in [0.3, 0.4) is 0 Å². The van der Waals surface area contributed by atoms with Crippen molar-refractivity contribution in [1.82, 2.24) is 10.2 Å². The van der Waals surface area contributed by atoms with Crippen LogP contribution in [0.15, 0.2) is 18.2 Å². The SMILES string of the molecule is CCCC[C@H](c1cccc2c1OCO2)N1CCNCC1. The molecule has 0 bridgehead atoms. The van der Waals surface area contributed by atoms with Crippen LogP contribution < -0.4 is 14.8 Å². The minimum atomic E-state index is 0.356. The molecule has 1 fully saturated rings. The van der Waals surface area contributed by atoms with Crippen LogP contribution in [-0.4, -0.2) is 37.9 Å². The summed E-state index contributed by atoms with van der Waals surface area (Å²) in [5.74, 6) is 1.87. The monoisotopic (exact) mass is 276 g/mol. The van der Waals surface area contributed by atoms with E-state index in [4.69, 9.17) is 9.47 Å². The van der Waals surface area contributed by atoms with Crippen molar-refractivity contribution < 1.29 is 9.47 Å². The number of para-hydroxylation sites is 1. The minimum Gasteiger partial charge on any atom is -0.454 e. The third-order valence-corrected chi connectivity index (χ3v) is 4.21. The zero-order valence-electron chi connectivity index (χ0n) is 12.2. The van der Waals surface area contributed by atoms with Crippen LogP contribution in [0.25, 0.3) is 0 Å². The molecule has 2 aliphatic rings. The highest BCUT2D eigenvalue weighted by atomic mass is 16.7. The van der Waals surface area contributed by atoms with Gasteiger partial charge in [0.2, 0.25) is 6.79 Å². The van der Waals surface area contributed by atoms with Gasteiger partial charge in [-0.25, -0.2) is 0 Å². The summed E-state index contributed by atoms with van der Waals surface area (Å²) in [5, 5.41) is 3.43. The van der Waals surface area contributed by atoms with E-state index in [1.165, 1.54) is 24.8 Å². The number of benzene rings is 1. The highest BCUT2D eigenvalue weighted by molar-refractivity contribution is 5.49. The molecule has 0 aliphatic carbocycles. The summed E-state index contributed by atoms with van der Waals surface area (Å²) < 4.78 is 11.2. The van der Waals surface area contributed by atoms with Crippen molar-refractivity contribution in [2.45, 2.75) is 32.2 Å². The molecule has 1 atom stereocenters. The van der Waals surface area contributed by atoms with Crippen LogP contribution in [0, 0.1) is 0 Å². The van der Waals surface area contributed by atoms with Gasteiger partial charge in [0.1, 0.15) is 0 Å². The molecule has 0 aromatic heterocycles. The first-order valence-electron chi connectivity index (χ1n) is 7.73. The minimum absolute atomic E-state index is 0.356. The van der Waals surface area contributed by atoms with Crippen molar-refractivity contribution in [3.8, 4) is 11.5 Å². The lowest BCUT2D eigenvalue weighted by Gasteiger charge is -2.35. The highest BCUT2D eigenvalue weighted by Crippen LogP contribution is 2.41. The van der Waals surface area contributed by atoms with Crippen molar-refractivity contribution in [3.63, 3.8) is 0 Å². The molecule has 4 heteroatoms. The molecule has 110 valence electrons. The van der Waals surface area contributed by atoms with Gasteiger partial charge in [0.05, 0.1) is 0 Å². The maximum atomic E-state index is 5.72. The van der Waals surface area contributed by atoms with Crippen molar-refractivity contribution in [2.24, 2.45) is 0 Å². The smallest absolute Gasteiger partial charge is 0.231 e. The molecule has 1 aromatic rings. The average molecular weight is 276 g/mol. The quantitative estimate of drug-likeness (QED) is 0.896. The maximum absolute atomic E-state index is 5.72. The van der Waals surface area contributed by atoms with Gasteiger partial charge in [-0.05, 0) is 12.5 Å². The summed E-state index contributed by atoms with van der Waals surface area (Å²) in [6.45, 7) is 6.99. The van der Waals surface area contributed by atoms with Crippen LogP contribution in [0.5, 0.6) is 11.5 Å².